The first-order chi connectivity index (χ1) is 18.3. The molecular formula is C34H23ClN2. The maximum absolute atomic E-state index is 6.51. The fraction of sp³-hybridized carbons (Fsp3) is 0. The number of hydrogen-bond acceptors (Lipinski definition) is 2. The Bertz CT molecular complexity index is 1650. The number of halogens is 1. The summed E-state index contributed by atoms with van der Waals surface area (Å²) < 4.78 is 0. The largest absolute Gasteiger partial charge is 0.243 e. The van der Waals surface area contributed by atoms with Crippen LogP contribution in [0.1, 0.15) is 0 Å². The van der Waals surface area contributed by atoms with Crippen molar-refractivity contribution < 1.29 is 0 Å². The molecule has 2 nitrogen and oxygen atoms in total. The topological polar surface area (TPSA) is 25.8 Å². The second-order valence-corrected chi connectivity index (χ2v) is 9.21. The summed E-state index contributed by atoms with van der Waals surface area (Å²) in [5.74, 6) is 0. The highest BCUT2D eigenvalue weighted by Crippen LogP contribution is 2.41. The first-order valence-electron chi connectivity index (χ1n) is 12.2. The summed E-state index contributed by atoms with van der Waals surface area (Å²) in [6.45, 7) is 0. The maximum atomic E-state index is 6.51. The van der Waals surface area contributed by atoms with Gasteiger partial charge < -0.3 is 0 Å². The smallest absolute Gasteiger partial charge is 0.0979 e. The number of aromatic nitrogens is 2. The van der Waals surface area contributed by atoms with Crippen molar-refractivity contribution in [3.63, 3.8) is 0 Å². The van der Waals surface area contributed by atoms with E-state index in [1.807, 2.05) is 84.9 Å². The van der Waals surface area contributed by atoms with Gasteiger partial charge in [-0.05, 0) is 23.3 Å². The second kappa shape index (κ2) is 10.2. The average Bonchev–Trinajstić information content (AvgIpc) is 2.98. The van der Waals surface area contributed by atoms with Crippen molar-refractivity contribution in [2.24, 2.45) is 0 Å². The van der Waals surface area contributed by atoms with Gasteiger partial charge in [0.15, 0.2) is 0 Å². The Kier molecular flexibility index (Phi) is 6.33. The average molecular weight is 495 g/mol. The molecule has 0 fully saturated rings. The van der Waals surface area contributed by atoms with Gasteiger partial charge in [0.1, 0.15) is 0 Å². The van der Waals surface area contributed by atoms with Crippen molar-refractivity contribution in [2.75, 3.05) is 0 Å². The molecule has 0 N–H and O–H groups in total. The quantitative estimate of drug-likeness (QED) is 0.238. The predicted octanol–water partition coefficient (Wildman–Crippen LogP) is 9.46. The first kappa shape index (κ1) is 22.9. The zero-order chi connectivity index (χ0) is 25.0. The molecule has 0 amide bonds. The van der Waals surface area contributed by atoms with Crippen LogP contribution in [0.3, 0.4) is 0 Å². The van der Waals surface area contributed by atoms with E-state index in [9.17, 15) is 0 Å². The van der Waals surface area contributed by atoms with Crippen LogP contribution in [0, 0.1) is 0 Å². The van der Waals surface area contributed by atoms with E-state index in [0.717, 1.165) is 56.2 Å². The van der Waals surface area contributed by atoms with Gasteiger partial charge in [-0.15, -0.1) is 0 Å². The van der Waals surface area contributed by atoms with Gasteiger partial charge in [-0.2, -0.15) is 0 Å². The Labute approximate surface area is 221 Å². The highest BCUT2D eigenvalue weighted by Gasteiger charge is 2.21. The molecule has 0 saturated carbocycles. The molecule has 0 aliphatic rings. The molecule has 0 aliphatic carbocycles. The van der Waals surface area contributed by atoms with Crippen molar-refractivity contribution in [1.82, 2.24) is 9.97 Å². The van der Waals surface area contributed by atoms with E-state index in [4.69, 9.17) is 21.6 Å². The van der Waals surface area contributed by atoms with Gasteiger partial charge >= 0.3 is 0 Å². The number of rotatable bonds is 5. The minimum Gasteiger partial charge on any atom is -0.243 e. The minimum absolute atomic E-state index is 0.681. The lowest BCUT2D eigenvalue weighted by atomic mass is 9.94. The molecule has 3 heteroatoms. The summed E-state index contributed by atoms with van der Waals surface area (Å²) in [5.41, 5.74) is 9.48. The lowest BCUT2D eigenvalue weighted by Crippen LogP contribution is -2.01. The van der Waals surface area contributed by atoms with Crippen molar-refractivity contribution in [1.29, 1.82) is 0 Å². The fourth-order valence-electron chi connectivity index (χ4n) is 4.59. The van der Waals surface area contributed by atoms with E-state index < -0.39 is 0 Å². The van der Waals surface area contributed by atoms with Crippen LogP contribution in [0.4, 0.5) is 0 Å². The minimum atomic E-state index is 0.681. The molecule has 0 saturated heterocycles. The molecule has 176 valence electrons. The van der Waals surface area contributed by atoms with E-state index in [-0.39, 0.29) is 0 Å². The van der Waals surface area contributed by atoms with Crippen LogP contribution in [0.5, 0.6) is 0 Å². The fourth-order valence-corrected chi connectivity index (χ4v) is 4.77. The van der Waals surface area contributed by atoms with E-state index in [1.165, 1.54) is 0 Å². The summed E-state index contributed by atoms with van der Waals surface area (Å²) in [4.78, 5) is 10.7. The predicted molar refractivity (Wildman–Crippen MR) is 154 cm³/mol. The molecule has 0 spiro atoms. The second-order valence-electron chi connectivity index (χ2n) is 8.77. The Morgan fingerprint density at radius 3 is 1.19 bits per heavy atom. The molecular weight excluding hydrogens is 472 g/mol. The van der Waals surface area contributed by atoms with Crippen LogP contribution in [-0.4, -0.2) is 9.97 Å². The Morgan fingerprint density at radius 2 is 0.730 bits per heavy atom. The van der Waals surface area contributed by atoms with Gasteiger partial charge in [-0.25, -0.2) is 9.97 Å². The highest BCUT2D eigenvalue weighted by molar-refractivity contribution is 6.31. The molecule has 37 heavy (non-hydrogen) atoms. The normalized spacial score (nSPS) is 10.8. The molecule has 0 unspecified atom stereocenters. The lowest BCUT2D eigenvalue weighted by molar-refractivity contribution is 1.21. The van der Waals surface area contributed by atoms with Crippen molar-refractivity contribution in [2.45, 2.75) is 0 Å². The third-order valence-corrected chi connectivity index (χ3v) is 6.59. The molecule has 0 atom stereocenters. The van der Waals surface area contributed by atoms with E-state index >= 15 is 0 Å². The molecule has 6 rings (SSSR count). The van der Waals surface area contributed by atoms with Gasteiger partial charge in [0, 0.05) is 27.3 Å². The van der Waals surface area contributed by atoms with E-state index in [2.05, 4.69) is 54.6 Å². The van der Waals surface area contributed by atoms with Crippen LogP contribution < -0.4 is 0 Å². The summed E-state index contributed by atoms with van der Waals surface area (Å²) in [7, 11) is 0. The summed E-state index contributed by atoms with van der Waals surface area (Å²) in [5, 5.41) is 0.681. The Morgan fingerprint density at radius 1 is 0.351 bits per heavy atom. The van der Waals surface area contributed by atoms with Crippen LogP contribution in [0.2, 0.25) is 5.02 Å². The van der Waals surface area contributed by atoms with Crippen LogP contribution in [0.25, 0.3) is 56.2 Å². The zero-order valence-electron chi connectivity index (χ0n) is 20.1. The van der Waals surface area contributed by atoms with Crippen molar-refractivity contribution in [3.05, 3.63) is 145 Å². The molecule has 0 bridgehead atoms. The van der Waals surface area contributed by atoms with Crippen LogP contribution in [-0.2, 0) is 0 Å². The third-order valence-electron chi connectivity index (χ3n) is 6.36. The summed E-state index contributed by atoms with van der Waals surface area (Å²) >= 11 is 6.51. The van der Waals surface area contributed by atoms with Crippen LogP contribution in [0.15, 0.2) is 140 Å². The first-order valence-corrected chi connectivity index (χ1v) is 12.6. The Balaban J connectivity index is 1.71. The molecule has 1 aromatic heterocycles. The van der Waals surface area contributed by atoms with Crippen molar-refractivity contribution >= 4 is 11.6 Å². The lowest BCUT2D eigenvalue weighted by Gasteiger charge is -2.18. The number of hydrogen-bond donors (Lipinski definition) is 0. The van der Waals surface area contributed by atoms with Gasteiger partial charge in [0.2, 0.25) is 0 Å². The number of nitrogens with zero attached hydrogens (tertiary/aromatic N) is 2. The number of benzene rings is 5. The van der Waals surface area contributed by atoms with Crippen molar-refractivity contribution in [3.8, 4) is 56.2 Å². The van der Waals surface area contributed by atoms with Gasteiger partial charge in [-0.3, -0.25) is 0 Å². The molecule has 0 aliphatic heterocycles. The summed E-state index contributed by atoms with van der Waals surface area (Å²) in [6.07, 6.45) is 0. The van der Waals surface area contributed by atoms with E-state index in [0.29, 0.717) is 5.02 Å². The standard InChI is InChI=1S/C34H23ClN2/c35-28-21-22-29(30(23-28)24-13-5-1-6-14-24)34-33(27-19-11-4-12-20-27)36-31(25-15-7-2-8-16-25)32(37-34)26-17-9-3-10-18-26/h1-23H. The summed E-state index contributed by atoms with van der Waals surface area (Å²) in [6, 6.07) is 47.1. The molecule has 6 aromatic rings. The molecule has 1 heterocycles. The molecule has 0 radical (unpaired) electrons. The van der Waals surface area contributed by atoms with Crippen LogP contribution >= 0.6 is 11.6 Å². The van der Waals surface area contributed by atoms with E-state index in [1.54, 1.807) is 0 Å². The SMILES string of the molecule is Clc1ccc(-c2nc(-c3ccccc3)c(-c3ccccc3)nc2-c2ccccc2)c(-c2ccccc2)c1. The Hall–Kier alpha value is -4.53. The van der Waals surface area contributed by atoms with Gasteiger partial charge in [-0.1, -0.05) is 139 Å². The monoisotopic (exact) mass is 494 g/mol. The zero-order valence-corrected chi connectivity index (χ0v) is 20.8. The van der Waals surface area contributed by atoms with Gasteiger partial charge in [0.05, 0.1) is 22.8 Å². The highest BCUT2D eigenvalue weighted by atomic mass is 35.5. The van der Waals surface area contributed by atoms with Gasteiger partial charge in [0.25, 0.3) is 0 Å². The molecule has 5 aromatic carbocycles. The maximum Gasteiger partial charge on any atom is 0.0979 e. The third kappa shape index (κ3) is 4.67.